The second kappa shape index (κ2) is 5.72. The molecule has 0 aliphatic carbocycles. The van der Waals surface area contributed by atoms with Crippen LogP contribution in [-0.2, 0) is 0 Å². The van der Waals surface area contributed by atoms with Crippen LogP contribution in [0.1, 0.15) is 34.1 Å². The van der Waals surface area contributed by atoms with Crippen molar-refractivity contribution >= 4 is 0 Å². The number of piperazine rings is 1. The van der Waals surface area contributed by atoms with E-state index < -0.39 is 0 Å². The molecule has 0 radical (unpaired) electrons. The molecule has 2 unspecified atom stereocenters. The highest BCUT2D eigenvalue weighted by atomic mass is 15.2. The van der Waals surface area contributed by atoms with Gasteiger partial charge in [-0.15, -0.1) is 0 Å². The van der Waals surface area contributed by atoms with Crippen LogP contribution in [0, 0.1) is 11.8 Å². The van der Waals surface area contributed by atoms with Crippen LogP contribution in [0.15, 0.2) is 0 Å². The van der Waals surface area contributed by atoms with Crippen LogP contribution >= 0.6 is 0 Å². The maximum atomic E-state index is 3.51. The van der Waals surface area contributed by atoms with E-state index in [0.717, 1.165) is 17.9 Å². The number of nitrogens with zero attached hydrogens (tertiary/aromatic N) is 1. The van der Waals surface area contributed by atoms with Gasteiger partial charge in [0.25, 0.3) is 0 Å². The molecule has 0 bridgehead atoms. The minimum absolute atomic E-state index is 0.760. The van der Waals surface area contributed by atoms with Crippen molar-refractivity contribution in [2.24, 2.45) is 11.8 Å². The van der Waals surface area contributed by atoms with Crippen molar-refractivity contribution in [1.82, 2.24) is 10.2 Å². The molecule has 1 aliphatic heterocycles. The Morgan fingerprint density at radius 2 is 2.07 bits per heavy atom. The van der Waals surface area contributed by atoms with E-state index in [1.165, 1.54) is 32.6 Å². The third kappa shape index (κ3) is 3.25. The maximum Gasteiger partial charge on any atom is 0.0246 e. The summed E-state index contributed by atoms with van der Waals surface area (Å²) in [5.74, 6) is 1.61. The van der Waals surface area contributed by atoms with E-state index in [4.69, 9.17) is 0 Å². The third-order valence-corrected chi connectivity index (χ3v) is 3.30. The average Bonchev–Trinajstić information content (AvgIpc) is 2.16. The van der Waals surface area contributed by atoms with Gasteiger partial charge in [0.05, 0.1) is 0 Å². The Labute approximate surface area is 89.1 Å². The van der Waals surface area contributed by atoms with Crippen molar-refractivity contribution in [3.63, 3.8) is 0 Å². The van der Waals surface area contributed by atoms with Crippen molar-refractivity contribution in [3.05, 3.63) is 0 Å². The summed E-state index contributed by atoms with van der Waals surface area (Å²) in [4.78, 5) is 2.68. The van der Waals surface area contributed by atoms with Gasteiger partial charge in [0, 0.05) is 32.2 Å². The van der Waals surface area contributed by atoms with Gasteiger partial charge >= 0.3 is 0 Å². The molecular formula is C12H26N2. The van der Waals surface area contributed by atoms with E-state index in [2.05, 4.69) is 37.9 Å². The zero-order valence-electron chi connectivity index (χ0n) is 10.2. The molecule has 0 aromatic rings. The van der Waals surface area contributed by atoms with Gasteiger partial charge in [-0.1, -0.05) is 34.1 Å². The largest absolute Gasteiger partial charge is 0.314 e. The lowest BCUT2D eigenvalue weighted by Gasteiger charge is -2.40. The van der Waals surface area contributed by atoms with Crippen LogP contribution in [0.25, 0.3) is 0 Å². The zero-order valence-corrected chi connectivity index (χ0v) is 10.2. The minimum Gasteiger partial charge on any atom is -0.314 e. The molecule has 0 aromatic heterocycles. The molecule has 0 saturated carbocycles. The maximum absolute atomic E-state index is 3.51. The summed E-state index contributed by atoms with van der Waals surface area (Å²) in [6, 6.07) is 0.760. The fraction of sp³-hybridized carbons (Fsp3) is 1.00. The summed E-state index contributed by atoms with van der Waals surface area (Å²) in [5, 5.41) is 3.51. The molecule has 84 valence electrons. The van der Waals surface area contributed by atoms with Gasteiger partial charge in [-0.3, -0.25) is 4.90 Å². The molecule has 0 amide bonds. The number of nitrogens with one attached hydrogen (secondary N) is 1. The summed E-state index contributed by atoms with van der Waals surface area (Å²) >= 11 is 0. The van der Waals surface area contributed by atoms with Crippen molar-refractivity contribution in [3.8, 4) is 0 Å². The van der Waals surface area contributed by atoms with E-state index in [1.54, 1.807) is 0 Å². The summed E-state index contributed by atoms with van der Waals surface area (Å²) in [5.41, 5.74) is 0. The summed E-state index contributed by atoms with van der Waals surface area (Å²) < 4.78 is 0. The number of hydrogen-bond acceptors (Lipinski definition) is 2. The van der Waals surface area contributed by atoms with Crippen LogP contribution in [-0.4, -0.2) is 37.1 Å². The predicted octanol–water partition coefficient (Wildman–Crippen LogP) is 1.96. The predicted molar refractivity (Wildman–Crippen MR) is 62.5 cm³/mol. The molecule has 1 saturated heterocycles. The number of rotatable bonds is 4. The zero-order chi connectivity index (χ0) is 10.6. The third-order valence-electron chi connectivity index (χ3n) is 3.30. The van der Waals surface area contributed by atoms with Crippen molar-refractivity contribution in [2.75, 3.05) is 26.2 Å². The van der Waals surface area contributed by atoms with E-state index in [1.807, 2.05) is 0 Å². The first-order valence-corrected chi connectivity index (χ1v) is 6.09. The van der Waals surface area contributed by atoms with Crippen molar-refractivity contribution in [2.45, 2.75) is 40.2 Å². The Morgan fingerprint density at radius 1 is 1.36 bits per heavy atom. The van der Waals surface area contributed by atoms with Gasteiger partial charge < -0.3 is 5.32 Å². The van der Waals surface area contributed by atoms with Crippen molar-refractivity contribution in [1.29, 1.82) is 0 Å². The van der Waals surface area contributed by atoms with E-state index in [9.17, 15) is 0 Å². The summed E-state index contributed by atoms with van der Waals surface area (Å²) in [6.45, 7) is 14.1. The molecule has 1 rings (SSSR count). The Balaban J connectivity index is 2.49. The fourth-order valence-corrected chi connectivity index (χ4v) is 2.30. The number of hydrogen-bond donors (Lipinski definition) is 1. The average molecular weight is 198 g/mol. The van der Waals surface area contributed by atoms with Crippen LogP contribution in [0.5, 0.6) is 0 Å². The van der Waals surface area contributed by atoms with Crippen LogP contribution in [0.2, 0.25) is 0 Å². The van der Waals surface area contributed by atoms with Gasteiger partial charge in [0.2, 0.25) is 0 Å². The van der Waals surface area contributed by atoms with Gasteiger partial charge in [-0.2, -0.15) is 0 Å². The molecule has 1 aliphatic rings. The molecule has 0 aromatic carbocycles. The van der Waals surface area contributed by atoms with Gasteiger partial charge in [0.15, 0.2) is 0 Å². The highest BCUT2D eigenvalue weighted by molar-refractivity contribution is 4.83. The summed E-state index contributed by atoms with van der Waals surface area (Å²) in [7, 11) is 0. The molecule has 1 N–H and O–H groups in total. The van der Waals surface area contributed by atoms with Crippen LogP contribution in [0.4, 0.5) is 0 Å². The van der Waals surface area contributed by atoms with E-state index in [-0.39, 0.29) is 0 Å². The highest BCUT2D eigenvalue weighted by Crippen LogP contribution is 2.17. The minimum atomic E-state index is 0.760. The van der Waals surface area contributed by atoms with Crippen molar-refractivity contribution < 1.29 is 0 Å². The Hall–Kier alpha value is -0.0800. The molecule has 2 nitrogen and oxygen atoms in total. The molecule has 2 atom stereocenters. The second-order valence-electron chi connectivity index (χ2n) is 5.05. The van der Waals surface area contributed by atoms with Gasteiger partial charge in [-0.05, 0) is 11.8 Å². The molecule has 2 heteroatoms. The van der Waals surface area contributed by atoms with Crippen LogP contribution < -0.4 is 5.32 Å². The lowest BCUT2D eigenvalue weighted by molar-refractivity contribution is 0.103. The molecule has 0 spiro atoms. The smallest absolute Gasteiger partial charge is 0.0246 e. The highest BCUT2D eigenvalue weighted by Gasteiger charge is 2.26. The van der Waals surface area contributed by atoms with E-state index >= 15 is 0 Å². The van der Waals surface area contributed by atoms with Crippen LogP contribution in [0.3, 0.4) is 0 Å². The van der Waals surface area contributed by atoms with Gasteiger partial charge in [-0.25, -0.2) is 0 Å². The Bertz CT molecular complexity index is 156. The van der Waals surface area contributed by atoms with E-state index in [0.29, 0.717) is 0 Å². The quantitative estimate of drug-likeness (QED) is 0.743. The summed E-state index contributed by atoms with van der Waals surface area (Å²) in [6.07, 6.45) is 1.29. The molecule has 1 fully saturated rings. The molecule has 14 heavy (non-hydrogen) atoms. The second-order valence-corrected chi connectivity index (χ2v) is 5.05. The normalized spacial score (nSPS) is 26.8. The lowest BCUT2D eigenvalue weighted by Crippen LogP contribution is -2.54. The molecular weight excluding hydrogens is 172 g/mol. The Kier molecular flexibility index (Phi) is 4.90. The standard InChI is InChI=1S/C12H26N2/c1-5-11(4)12-8-13-6-7-14(12)9-10(2)3/h10-13H,5-9H2,1-4H3. The first-order valence-electron chi connectivity index (χ1n) is 6.09. The Morgan fingerprint density at radius 3 is 2.64 bits per heavy atom. The molecule has 1 heterocycles. The first-order chi connectivity index (χ1) is 6.65. The van der Waals surface area contributed by atoms with Gasteiger partial charge in [0.1, 0.15) is 0 Å². The fourth-order valence-electron chi connectivity index (χ4n) is 2.30. The monoisotopic (exact) mass is 198 g/mol. The SMILES string of the molecule is CCC(C)C1CNCCN1CC(C)C. The topological polar surface area (TPSA) is 15.3 Å². The first kappa shape index (κ1) is 12.0. The lowest BCUT2D eigenvalue weighted by atomic mass is 9.95.